The van der Waals surface area contributed by atoms with Crippen LogP contribution in [-0.2, 0) is 6.54 Å². The topological polar surface area (TPSA) is 119 Å². The minimum Gasteiger partial charge on any atom is -0.350 e. The van der Waals surface area contributed by atoms with E-state index in [1.54, 1.807) is 30.5 Å². The Morgan fingerprint density at radius 1 is 1.16 bits per heavy atom. The van der Waals surface area contributed by atoms with E-state index in [9.17, 15) is 19.7 Å². The van der Waals surface area contributed by atoms with E-state index < -0.39 is 10.8 Å². The first-order chi connectivity index (χ1) is 14.9. The van der Waals surface area contributed by atoms with Gasteiger partial charge in [-0.05, 0) is 43.2 Å². The number of aromatic nitrogens is 2. The summed E-state index contributed by atoms with van der Waals surface area (Å²) in [5.74, 6) is -0.622. The van der Waals surface area contributed by atoms with Crippen molar-refractivity contribution in [3.8, 4) is 5.69 Å². The minimum absolute atomic E-state index is 0.0666. The molecular formula is C22H23N5O4. The summed E-state index contributed by atoms with van der Waals surface area (Å²) in [6.45, 7) is 4.10. The smallest absolute Gasteiger partial charge is 0.294 e. The lowest BCUT2D eigenvalue weighted by molar-refractivity contribution is -0.384. The van der Waals surface area contributed by atoms with Gasteiger partial charge in [0.1, 0.15) is 5.69 Å². The Morgan fingerprint density at radius 3 is 2.61 bits per heavy atom. The van der Waals surface area contributed by atoms with E-state index in [4.69, 9.17) is 0 Å². The zero-order chi connectivity index (χ0) is 22.4. The fraction of sp³-hybridized carbons (Fsp3) is 0.227. The Morgan fingerprint density at radius 2 is 1.94 bits per heavy atom. The fourth-order valence-electron chi connectivity index (χ4n) is 2.95. The highest BCUT2D eigenvalue weighted by Gasteiger charge is 2.19. The van der Waals surface area contributed by atoms with Gasteiger partial charge in [-0.3, -0.25) is 19.7 Å². The van der Waals surface area contributed by atoms with Gasteiger partial charge < -0.3 is 15.2 Å². The molecule has 0 saturated carbocycles. The Kier molecular flexibility index (Phi) is 6.76. The van der Waals surface area contributed by atoms with Crippen molar-refractivity contribution in [3.63, 3.8) is 0 Å². The van der Waals surface area contributed by atoms with Crippen LogP contribution in [0.25, 0.3) is 5.69 Å². The highest BCUT2D eigenvalue weighted by atomic mass is 16.6. The third-order valence-electron chi connectivity index (χ3n) is 4.85. The summed E-state index contributed by atoms with van der Waals surface area (Å²) >= 11 is 0. The normalized spacial score (nSPS) is 11.5. The van der Waals surface area contributed by atoms with E-state index in [1.165, 1.54) is 35.3 Å². The molecule has 1 heterocycles. The third kappa shape index (κ3) is 5.33. The van der Waals surface area contributed by atoms with Crippen molar-refractivity contribution in [1.82, 2.24) is 20.2 Å². The molecule has 0 spiro atoms. The molecule has 3 rings (SSSR count). The third-order valence-corrected chi connectivity index (χ3v) is 4.85. The number of benzene rings is 2. The summed E-state index contributed by atoms with van der Waals surface area (Å²) < 4.78 is 1.51. The second kappa shape index (κ2) is 9.66. The first-order valence-electron chi connectivity index (χ1n) is 9.83. The number of rotatable bonds is 8. The van der Waals surface area contributed by atoms with Crippen molar-refractivity contribution >= 4 is 17.5 Å². The first kappa shape index (κ1) is 21.7. The first-order valence-corrected chi connectivity index (χ1v) is 9.83. The van der Waals surface area contributed by atoms with Crippen molar-refractivity contribution in [2.75, 3.05) is 0 Å². The number of carbonyl (C=O) groups excluding carboxylic acids is 2. The number of amides is 2. The molecule has 9 heteroatoms. The van der Waals surface area contributed by atoms with E-state index in [-0.39, 0.29) is 29.7 Å². The van der Waals surface area contributed by atoms with E-state index in [0.717, 1.165) is 12.0 Å². The number of nitro groups is 1. The Balaban J connectivity index is 1.71. The average molecular weight is 421 g/mol. The van der Waals surface area contributed by atoms with Gasteiger partial charge in [-0.25, -0.2) is 4.98 Å². The predicted octanol–water partition coefficient (Wildman–Crippen LogP) is 3.24. The lowest BCUT2D eigenvalue weighted by atomic mass is 10.1. The molecule has 2 N–H and O–H groups in total. The minimum atomic E-state index is -0.536. The average Bonchev–Trinajstić information content (AvgIpc) is 3.31. The maximum atomic E-state index is 12.6. The fourth-order valence-corrected chi connectivity index (χ4v) is 2.95. The quantitative estimate of drug-likeness (QED) is 0.427. The Labute approximate surface area is 179 Å². The number of nitro benzene ring substituents is 1. The van der Waals surface area contributed by atoms with Crippen LogP contribution in [0.4, 0.5) is 5.69 Å². The van der Waals surface area contributed by atoms with Gasteiger partial charge >= 0.3 is 0 Å². The van der Waals surface area contributed by atoms with Gasteiger partial charge in [0.15, 0.2) is 0 Å². The SMILES string of the molecule is CCC(C)NC(=O)c1cccc(CNC(=O)c2ccc(-n3ccnc3)c([N+](=O)[O-])c2)c1. The highest BCUT2D eigenvalue weighted by molar-refractivity contribution is 5.96. The number of hydrogen-bond donors (Lipinski definition) is 2. The van der Waals surface area contributed by atoms with Gasteiger partial charge in [0.05, 0.1) is 11.3 Å². The van der Waals surface area contributed by atoms with E-state index in [2.05, 4.69) is 15.6 Å². The number of nitrogens with one attached hydrogen (secondary N) is 2. The van der Waals surface area contributed by atoms with Crippen molar-refractivity contribution in [2.24, 2.45) is 0 Å². The molecule has 0 aliphatic carbocycles. The van der Waals surface area contributed by atoms with Gasteiger partial charge in [-0.2, -0.15) is 0 Å². The molecule has 2 amide bonds. The summed E-state index contributed by atoms with van der Waals surface area (Å²) in [7, 11) is 0. The Hall–Kier alpha value is -4.01. The molecule has 0 fully saturated rings. The summed E-state index contributed by atoms with van der Waals surface area (Å²) in [6.07, 6.45) is 5.38. The van der Waals surface area contributed by atoms with Crippen LogP contribution in [0, 0.1) is 10.1 Å². The van der Waals surface area contributed by atoms with E-state index in [0.29, 0.717) is 11.3 Å². The van der Waals surface area contributed by atoms with E-state index in [1.807, 2.05) is 13.8 Å². The molecule has 1 atom stereocenters. The van der Waals surface area contributed by atoms with Crippen molar-refractivity contribution < 1.29 is 14.5 Å². The maximum absolute atomic E-state index is 12.6. The number of nitrogens with zero attached hydrogens (tertiary/aromatic N) is 3. The number of carbonyl (C=O) groups is 2. The zero-order valence-corrected chi connectivity index (χ0v) is 17.2. The second-order valence-electron chi connectivity index (χ2n) is 7.10. The van der Waals surface area contributed by atoms with Crippen LogP contribution in [0.2, 0.25) is 0 Å². The van der Waals surface area contributed by atoms with E-state index >= 15 is 0 Å². The van der Waals surface area contributed by atoms with Crippen molar-refractivity contribution in [1.29, 1.82) is 0 Å². The lowest BCUT2D eigenvalue weighted by Gasteiger charge is -2.12. The van der Waals surface area contributed by atoms with Crippen LogP contribution >= 0.6 is 0 Å². The molecule has 31 heavy (non-hydrogen) atoms. The standard InChI is InChI=1S/C22H23N5O4/c1-3-15(2)25-22(29)17-6-4-5-16(11-17)13-24-21(28)18-7-8-19(20(12-18)27(30)31)26-10-9-23-14-26/h4-12,14-15H,3,13H2,1-2H3,(H,24,28)(H,25,29). The summed E-state index contributed by atoms with van der Waals surface area (Å²) in [5.41, 5.74) is 1.54. The van der Waals surface area contributed by atoms with Gasteiger partial charge in [0, 0.05) is 42.2 Å². The molecule has 0 radical (unpaired) electrons. The van der Waals surface area contributed by atoms with Gasteiger partial charge in [0.2, 0.25) is 0 Å². The molecule has 3 aromatic rings. The van der Waals surface area contributed by atoms with Crippen LogP contribution in [0.1, 0.15) is 46.5 Å². The Bertz CT molecular complexity index is 1100. The summed E-state index contributed by atoms with van der Waals surface area (Å²) in [5, 5.41) is 17.1. The predicted molar refractivity (Wildman–Crippen MR) is 115 cm³/mol. The lowest BCUT2D eigenvalue weighted by Crippen LogP contribution is -2.32. The summed E-state index contributed by atoms with van der Waals surface area (Å²) in [6, 6.07) is 11.3. The molecule has 1 unspecified atom stereocenters. The number of imidazole rings is 1. The maximum Gasteiger partial charge on any atom is 0.294 e. The van der Waals surface area contributed by atoms with Gasteiger partial charge in [0.25, 0.3) is 17.5 Å². The largest absolute Gasteiger partial charge is 0.350 e. The van der Waals surface area contributed by atoms with Crippen LogP contribution in [0.3, 0.4) is 0 Å². The molecule has 2 aromatic carbocycles. The molecular weight excluding hydrogens is 398 g/mol. The molecule has 160 valence electrons. The van der Waals surface area contributed by atoms with Crippen LogP contribution in [0.15, 0.2) is 61.2 Å². The van der Waals surface area contributed by atoms with Crippen molar-refractivity contribution in [3.05, 3.63) is 88.0 Å². The zero-order valence-electron chi connectivity index (χ0n) is 17.2. The van der Waals surface area contributed by atoms with Crippen LogP contribution in [0.5, 0.6) is 0 Å². The molecule has 0 aliphatic heterocycles. The molecule has 0 saturated heterocycles. The molecule has 1 aromatic heterocycles. The second-order valence-corrected chi connectivity index (χ2v) is 7.10. The summed E-state index contributed by atoms with van der Waals surface area (Å²) in [4.78, 5) is 39.7. The van der Waals surface area contributed by atoms with Crippen LogP contribution in [-0.4, -0.2) is 32.3 Å². The molecule has 9 nitrogen and oxygen atoms in total. The van der Waals surface area contributed by atoms with Gasteiger partial charge in [-0.15, -0.1) is 0 Å². The van der Waals surface area contributed by atoms with Gasteiger partial charge in [-0.1, -0.05) is 19.1 Å². The molecule has 0 bridgehead atoms. The van der Waals surface area contributed by atoms with Crippen molar-refractivity contribution in [2.45, 2.75) is 32.9 Å². The van der Waals surface area contributed by atoms with Crippen LogP contribution < -0.4 is 10.6 Å². The molecule has 0 aliphatic rings. The highest BCUT2D eigenvalue weighted by Crippen LogP contribution is 2.24. The number of hydrogen-bond acceptors (Lipinski definition) is 5. The monoisotopic (exact) mass is 421 g/mol.